The van der Waals surface area contributed by atoms with Gasteiger partial charge in [-0.25, -0.2) is 0 Å². The summed E-state index contributed by atoms with van der Waals surface area (Å²) in [6.45, 7) is 0. The minimum Gasteiger partial charge on any atom is -0.392 e. The lowest BCUT2D eigenvalue weighted by Crippen LogP contribution is -2.08. The molecule has 0 aliphatic heterocycles. The zero-order valence-electron chi connectivity index (χ0n) is 7.67. The van der Waals surface area contributed by atoms with E-state index in [-0.39, 0.29) is 12.1 Å². The number of nitro groups is 1. The van der Waals surface area contributed by atoms with Gasteiger partial charge in [0.05, 0.1) is 4.92 Å². The van der Waals surface area contributed by atoms with E-state index in [9.17, 15) is 29.5 Å². The molecule has 0 unspecified atom stereocenters. The Hall–Kier alpha value is -1.10. The number of rotatable bonds is 2. The zero-order chi connectivity index (χ0) is 13.7. The molecule has 0 atom stereocenters. The van der Waals surface area contributed by atoms with Crippen molar-refractivity contribution in [3.8, 4) is 0 Å². The Bertz CT molecular complexity index is 517. The van der Waals surface area contributed by atoms with Gasteiger partial charge in [0, 0.05) is 10.5 Å². The van der Waals surface area contributed by atoms with E-state index in [0.717, 1.165) is 0 Å². The lowest BCUT2D eigenvalue weighted by atomic mass is 10.3. The molecular formula is C6H4BrF5N2O2S. The van der Waals surface area contributed by atoms with Crippen LogP contribution in [0.4, 0.5) is 30.8 Å². The van der Waals surface area contributed by atoms with Gasteiger partial charge in [-0.05, 0) is 22.0 Å². The van der Waals surface area contributed by atoms with Crippen LogP contribution in [-0.4, -0.2) is 4.92 Å². The van der Waals surface area contributed by atoms with Gasteiger partial charge in [-0.2, -0.15) is 0 Å². The Morgan fingerprint density at radius 1 is 1.24 bits per heavy atom. The van der Waals surface area contributed by atoms with Gasteiger partial charge in [-0.3, -0.25) is 10.1 Å². The summed E-state index contributed by atoms with van der Waals surface area (Å²) >= 11 is 2.46. The van der Waals surface area contributed by atoms with Crippen molar-refractivity contribution >= 4 is 37.5 Å². The van der Waals surface area contributed by atoms with E-state index in [1.165, 1.54) is 0 Å². The first-order chi connectivity index (χ1) is 7.22. The number of nitro benzene ring substituents is 1. The standard InChI is InChI=1S/C6H4BrF5N2O2S/c7-4-1-3(17(8,9,10,11)12)2-5(6(4)13)14(15)16/h1-2H,13H2. The Kier molecular flexibility index (Phi) is 2.48. The van der Waals surface area contributed by atoms with Crippen LogP contribution < -0.4 is 5.73 Å². The molecule has 0 spiro atoms. The number of halogens is 6. The van der Waals surface area contributed by atoms with Crippen LogP contribution in [0.1, 0.15) is 0 Å². The summed E-state index contributed by atoms with van der Waals surface area (Å²) in [4.78, 5) is 6.73. The Morgan fingerprint density at radius 3 is 2.06 bits per heavy atom. The minimum atomic E-state index is -9.96. The summed E-state index contributed by atoms with van der Waals surface area (Å²) in [5.41, 5.74) is 3.21. The second-order valence-electron chi connectivity index (χ2n) is 3.06. The highest BCUT2D eigenvalue weighted by Gasteiger charge is 2.66. The summed E-state index contributed by atoms with van der Waals surface area (Å²) < 4.78 is 61.5. The molecule has 1 rings (SSSR count). The van der Waals surface area contributed by atoms with Crippen molar-refractivity contribution in [1.82, 2.24) is 0 Å². The molecular weight excluding hydrogens is 339 g/mol. The van der Waals surface area contributed by atoms with Gasteiger partial charge in [-0.1, -0.05) is 19.4 Å². The summed E-state index contributed by atoms with van der Waals surface area (Å²) in [5, 5.41) is 10.4. The molecule has 11 heteroatoms. The SMILES string of the molecule is Nc1c(Br)cc(S(F)(F)(F)(F)F)cc1[N+](=O)[O-]. The maximum Gasteiger partial charge on any atom is 0.310 e. The zero-order valence-corrected chi connectivity index (χ0v) is 10.1. The van der Waals surface area contributed by atoms with Gasteiger partial charge < -0.3 is 5.73 Å². The van der Waals surface area contributed by atoms with Gasteiger partial charge in [0.25, 0.3) is 5.69 Å². The fourth-order valence-electron chi connectivity index (χ4n) is 0.953. The fraction of sp³-hybridized carbons (Fsp3) is 0. The lowest BCUT2D eigenvalue weighted by molar-refractivity contribution is -0.384. The van der Waals surface area contributed by atoms with Crippen molar-refractivity contribution in [2.75, 3.05) is 5.73 Å². The number of benzene rings is 1. The van der Waals surface area contributed by atoms with E-state index >= 15 is 0 Å². The Balaban J connectivity index is 3.68. The molecule has 0 bridgehead atoms. The molecule has 0 aliphatic rings. The van der Waals surface area contributed by atoms with E-state index in [2.05, 4.69) is 15.9 Å². The van der Waals surface area contributed by atoms with E-state index in [0.29, 0.717) is 0 Å². The van der Waals surface area contributed by atoms with Gasteiger partial charge in [0.1, 0.15) is 10.6 Å². The van der Waals surface area contributed by atoms with Crippen molar-refractivity contribution in [1.29, 1.82) is 0 Å². The number of nitrogens with zero attached hydrogens (tertiary/aromatic N) is 1. The first-order valence-corrected chi connectivity index (χ1v) is 6.44. The van der Waals surface area contributed by atoms with E-state index in [1.54, 1.807) is 0 Å². The topological polar surface area (TPSA) is 69.2 Å². The second kappa shape index (κ2) is 3.02. The van der Waals surface area contributed by atoms with Gasteiger partial charge in [0.2, 0.25) is 0 Å². The molecule has 98 valence electrons. The third-order valence-corrected chi connectivity index (χ3v) is 3.51. The van der Waals surface area contributed by atoms with Crippen molar-refractivity contribution < 1.29 is 24.4 Å². The molecule has 0 heterocycles. The third-order valence-electron chi connectivity index (χ3n) is 1.72. The van der Waals surface area contributed by atoms with Gasteiger partial charge in [0.15, 0.2) is 0 Å². The number of hydrogen-bond acceptors (Lipinski definition) is 3. The molecule has 2 N–H and O–H groups in total. The normalized spacial score (nSPS) is 16.1. The molecule has 0 saturated heterocycles. The molecule has 0 radical (unpaired) electrons. The first kappa shape index (κ1) is 14.0. The summed E-state index contributed by atoms with van der Waals surface area (Å²) in [5.74, 6) is 0. The maximum absolute atomic E-state index is 12.4. The number of nitrogen functional groups attached to an aromatic ring is 1. The van der Waals surface area contributed by atoms with Crippen LogP contribution in [0.15, 0.2) is 21.5 Å². The number of nitrogens with two attached hydrogens (primary N) is 1. The first-order valence-electron chi connectivity index (χ1n) is 3.70. The average Bonchev–Trinajstić information content (AvgIpc) is 2.04. The maximum atomic E-state index is 12.4. The molecule has 1 aromatic rings. The molecule has 17 heavy (non-hydrogen) atoms. The molecule has 1 aromatic carbocycles. The molecule has 0 aromatic heterocycles. The fourth-order valence-corrected chi connectivity index (χ4v) is 2.23. The molecule has 0 amide bonds. The van der Waals surface area contributed by atoms with Crippen LogP contribution in [-0.2, 0) is 0 Å². The largest absolute Gasteiger partial charge is 0.392 e. The van der Waals surface area contributed by atoms with Gasteiger partial charge >= 0.3 is 10.2 Å². The highest BCUT2D eigenvalue weighted by Crippen LogP contribution is 3.02. The van der Waals surface area contributed by atoms with E-state index in [4.69, 9.17) is 5.73 Å². The third kappa shape index (κ3) is 2.97. The smallest absolute Gasteiger partial charge is 0.310 e. The van der Waals surface area contributed by atoms with Crippen LogP contribution in [0.5, 0.6) is 0 Å². The predicted molar refractivity (Wildman–Crippen MR) is 56.6 cm³/mol. The summed E-state index contributed by atoms with van der Waals surface area (Å²) in [6, 6.07) is -0.258. The van der Waals surface area contributed by atoms with Crippen molar-refractivity contribution in [3.05, 3.63) is 26.7 Å². The molecule has 0 aliphatic carbocycles. The van der Waals surface area contributed by atoms with Crippen LogP contribution in [0.2, 0.25) is 0 Å². The second-order valence-corrected chi connectivity index (χ2v) is 6.33. The molecule has 0 fully saturated rings. The van der Waals surface area contributed by atoms with E-state index < -0.39 is 35.9 Å². The van der Waals surface area contributed by atoms with Crippen LogP contribution >= 0.6 is 26.2 Å². The quantitative estimate of drug-likeness (QED) is 0.369. The Labute approximate surface area is 99.6 Å². The number of hydrogen-bond donors (Lipinski definition) is 1. The van der Waals surface area contributed by atoms with Crippen LogP contribution in [0.3, 0.4) is 0 Å². The number of anilines is 1. The predicted octanol–water partition coefficient (Wildman–Crippen LogP) is 4.60. The Morgan fingerprint density at radius 2 is 1.71 bits per heavy atom. The van der Waals surface area contributed by atoms with E-state index in [1.807, 2.05) is 0 Å². The van der Waals surface area contributed by atoms with Crippen LogP contribution in [0.25, 0.3) is 0 Å². The minimum absolute atomic E-state index is 0.0177. The molecule has 0 saturated carbocycles. The van der Waals surface area contributed by atoms with Crippen molar-refractivity contribution in [3.63, 3.8) is 0 Å². The van der Waals surface area contributed by atoms with Crippen molar-refractivity contribution in [2.24, 2.45) is 0 Å². The monoisotopic (exact) mass is 342 g/mol. The summed E-state index contributed by atoms with van der Waals surface area (Å²) in [6.07, 6.45) is 0. The average molecular weight is 343 g/mol. The highest BCUT2D eigenvalue weighted by molar-refractivity contribution is 9.10. The van der Waals surface area contributed by atoms with Crippen LogP contribution in [0, 0.1) is 10.1 Å². The highest BCUT2D eigenvalue weighted by atomic mass is 79.9. The lowest BCUT2D eigenvalue weighted by Gasteiger charge is -2.40. The summed E-state index contributed by atoms with van der Waals surface area (Å²) in [7, 11) is -9.96. The van der Waals surface area contributed by atoms with Gasteiger partial charge in [-0.15, -0.1) is 0 Å². The molecule has 4 nitrogen and oxygen atoms in total. The van der Waals surface area contributed by atoms with Crippen molar-refractivity contribution in [2.45, 2.75) is 4.90 Å².